The van der Waals surface area contributed by atoms with Gasteiger partial charge in [-0.25, -0.2) is 4.39 Å². The van der Waals surface area contributed by atoms with Crippen LogP contribution in [-0.4, -0.2) is 12.5 Å². The van der Waals surface area contributed by atoms with Gasteiger partial charge in [0.25, 0.3) is 0 Å². The van der Waals surface area contributed by atoms with E-state index in [9.17, 15) is 9.18 Å². The molecule has 1 heterocycles. The minimum absolute atomic E-state index is 0.157. The molecule has 4 heteroatoms. The molecule has 0 N–H and O–H groups in total. The molecule has 0 saturated carbocycles. The highest BCUT2D eigenvalue weighted by Gasteiger charge is 2.24. The van der Waals surface area contributed by atoms with Crippen LogP contribution in [0.4, 0.5) is 10.1 Å². The molecule has 1 aliphatic rings. The fourth-order valence-corrected chi connectivity index (χ4v) is 1.77. The second-order valence-corrected chi connectivity index (χ2v) is 3.40. The van der Waals surface area contributed by atoms with E-state index in [1.165, 1.54) is 17.0 Å². The average molecular weight is 204 g/mol. The quantitative estimate of drug-likeness (QED) is 0.697. The van der Waals surface area contributed by atoms with Crippen LogP contribution in [0.5, 0.6) is 0 Å². The van der Waals surface area contributed by atoms with Crippen molar-refractivity contribution in [1.82, 2.24) is 0 Å². The molecule has 1 aromatic carbocycles. The standard InChI is InChI=1S/C11H9FN2O/c12-9-2-1-8-4-6-14(10(8)7-9)11(15)3-5-13/h1-2,7H,3-4,6H2. The minimum Gasteiger partial charge on any atom is -0.311 e. The highest BCUT2D eigenvalue weighted by atomic mass is 19.1. The molecule has 1 aromatic rings. The first-order valence-corrected chi connectivity index (χ1v) is 4.68. The number of carbonyl (C=O) groups excluding carboxylic acids is 1. The molecule has 0 unspecified atom stereocenters. The molecule has 1 aliphatic heterocycles. The van der Waals surface area contributed by atoms with Gasteiger partial charge in [0.1, 0.15) is 12.2 Å². The van der Waals surface area contributed by atoms with Gasteiger partial charge in [0.15, 0.2) is 0 Å². The van der Waals surface area contributed by atoms with E-state index in [1.54, 1.807) is 12.1 Å². The van der Waals surface area contributed by atoms with E-state index in [2.05, 4.69) is 0 Å². The van der Waals surface area contributed by atoms with Gasteiger partial charge in [0, 0.05) is 12.2 Å². The first-order chi connectivity index (χ1) is 7.22. The van der Waals surface area contributed by atoms with Crippen LogP contribution in [0.25, 0.3) is 0 Å². The third kappa shape index (κ3) is 1.68. The van der Waals surface area contributed by atoms with Crippen molar-refractivity contribution in [3.05, 3.63) is 29.6 Å². The molecule has 0 aliphatic carbocycles. The number of rotatable bonds is 1. The second kappa shape index (κ2) is 3.70. The van der Waals surface area contributed by atoms with Gasteiger partial charge < -0.3 is 4.90 Å². The highest BCUT2D eigenvalue weighted by Crippen LogP contribution is 2.28. The molecule has 1 amide bonds. The lowest BCUT2D eigenvalue weighted by Crippen LogP contribution is -2.28. The van der Waals surface area contributed by atoms with Crippen molar-refractivity contribution in [2.24, 2.45) is 0 Å². The lowest BCUT2D eigenvalue weighted by Gasteiger charge is -2.15. The third-order valence-electron chi connectivity index (χ3n) is 2.47. The van der Waals surface area contributed by atoms with E-state index in [0.717, 1.165) is 12.0 Å². The maximum absolute atomic E-state index is 13.0. The number of nitrogens with zero attached hydrogens (tertiary/aromatic N) is 2. The largest absolute Gasteiger partial charge is 0.311 e. The van der Waals surface area contributed by atoms with Crippen molar-refractivity contribution >= 4 is 11.6 Å². The van der Waals surface area contributed by atoms with Crippen LogP contribution in [0.15, 0.2) is 18.2 Å². The zero-order valence-electron chi connectivity index (χ0n) is 8.03. The molecule has 2 rings (SSSR count). The van der Waals surface area contributed by atoms with Crippen molar-refractivity contribution in [2.45, 2.75) is 12.8 Å². The van der Waals surface area contributed by atoms with E-state index < -0.39 is 0 Å². The molecule has 0 radical (unpaired) electrons. The Labute approximate surface area is 86.7 Å². The Bertz CT molecular complexity index is 450. The summed E-state index contributed by atoms with van der Waals surface area (Å²) in [5, 5.41) is 8.43. The highest BCUT2D eigenvalue weighted by molar-refractivity contribution is 5.96. The molecule has 0 spiro atoms. The van der Waals surface area contributed by atoms with E-state index in [0.29, 0.717) is 12.2 Å². The smallest absolute Gasteiger partial charge is 0.241 e. The van der Waals surface area contributed by atoms with Gasteiger partial charge in [0.2, 0.25) is 5.91 Å². The van der Waals surface area contributed by atoms with E-state index in [1.807, 2.05) is 0 Å². The van der Waals surface area contributed by atoms with Gasteiger partial charge in [0.05, 0.1) is 6.07 Å². The van der Waals surface area contributed by atoms with Gasteiger partial charge in [-0.2, -0.15) is 5.26 Å². The molecule has 15 heavy (non-hydrogen) atoms. The maximum atomic E-state index is 13.0. The number of hydrogen-bond donors (Lipinski definition) is 0. The molecule has 3 nitrogen and oxygen atoms in total. The summed E-state index contributed by atoms with van der Waals surface area (Å²) in [6.07, 6.45) is 0.572. The van der Waals surface area contributed by atoms with Gasteiger partial charge in [-0.05, 0) is 24.1 Å². The lowest BCUT2D eigenvalue weighted by atomic mass is 10.2. The van der Waals surface area contributed by atoms with Gasteiger partial charge in [-0.3, -0.25) is 4.79 Å². The van der Waals surface area contributed by atoms with Crippen molar-refractivity contribution in [3.63, 3.8) is 0 Å². The van der Waals surface area contributed by atoms with E-state index in [-0.39, 0.29) is 18.1 Å². The molecular weight excluding hydrogens is 195 g/mol. The predicted molar refractivity (Wildman–Crippen MR) is 52.7 cm³/mol. The summed E-state index contributed by atoms with van der Waals surface area (Å²) in [4.78, 5) is 13.0. The number of benzene rings is 1. The summed E-state index contributed by atoms with van der Waals surface area (Å²) in [7, 11) is 0. The van der Waals surface area contributed by atoms with Crippen molar-refractivity contribution in [1.29, 1.82) is 5.26 Å². The molecule has 0 saturated heterocycles. The Kier molecular flexibility index (Phi) is 2.38. The summed E-state index contributed by atoms with van der Waals surface area (Å²) in [5.41, 5.74) is 1.57. The van der Waals surface area contributed by atoms with Crippen LogP contribution < -0.4 is 4.90 Å². The molecule has 0 atom stereocenters. The Morgan fingerprint density at radius 1 is 1.60 bits per heavy atom. The van der Waals surface area contributed by atoms with Crippen LogP contribution in [-0.2, 0) is 11.2 Å². The van der Waals surface area contributed by atoms with Crippen LogP contribution in [0.2, 0.25) is 0 Å². The zero-order chi connectivity index (χ0) is 10.8. The number of carbonyl (C=O) groups is 1. The summed E-state index contributed by atoms with van der Waals surface area (Å²) in [6, 6.07) is 6.22. The molecule has 0 aromatic heterocycles. The normalized spacial score (nSPS) is 13.5. The summed E-state index contributed by atoms with van der Waals surface area (Å²) in [5.74, 6) is -0.618. The number of nitriles is 1. The monoisotopic (exact) mass is 204 g/mol. The minimum atomic E-state index is -0.356. The zero-order valence-corrected chi connectivity index (χ0v) is 8.03. The molecular formula is C11H9FN2O. The Morgan fingerprint density at radius 2 is 2.40 bits per heavy atom. The SMILES string of the molecule is N#CCC(=O)N1CCc2ccc(F)cc21. The van der Waals surface area contributed by atoms with E-state index in [4.69, 9.17) is 5.26 Å². The number of halogens is 1. The summed E-state index contributed by atoms with van der Waals surface area (Å²) >= 11 is 0. The van der Waals surface area contributed by atoms with Gasteiger partial charge in [-0.1, -0.05) is 6.07 Å². The Balaban J connectivity index is 2.32. The Morgan fingerprint density at radius 3 is 3.13 bits per heavy atom. The number of amides is 1. The van der Waals surface area contributed by atoms with Crippen molar-refractivity contribution in [3.8, 4) is 6.07 Å². The number of anilines is 1. The van der Waals surface area contributed by atoms with Crippen LogP contribution in [0.3, 0.4) is 0 Å². The van der Waals surface area contributed by atoms with Crippen LogP contribution in [0.1, 0.15) is 12.0 Å². The predicted octanol–water partition coefficient (Wildman–Crippen LogP) is 1.63. The maximum Gasteiger partial charge on any atom is 0.241 e. The second-order valence-electron chi connectivity index (χ2n) is 3.40. The molecule has 0 bridgehead atoms. The number of hydrogen-bond acceptors (Lipinski definition) is 2. The summed E-state index contributed by atoms with van der Waals surface area (Å²) < 4.78 is 13.0. The van der Waals surface area contributed by atoms with Crippen LogP contribution >= 0.6 is 0 Å². The van der Waals surface area contributed by atoms with Crippen molar-refractivity contribution in [2.75, 3.05) is 11.4 Å². The summed E-state index contributed by atoms with van der Waals surface area (Å²) in [6.45, 7) is 0.541. The number of fused-ring (bicyclic) bond motifs is 1. The van der Waals surface area contributed by atoms with E-state index >= 15 is 0 Å². The fraction of sp³-hybridized carbons (Fsp3) is 0.273. The van der Waals surface area contributed by atoms with Crippen LogP contribution in [0, 0.1) is 17.1 Å². The fourth-order valence-electron chi connectivity index (χ4n) is 1.77. The molecule has 76 valence electrons. The Hall–Kier alpha value is -1.89. The lowest BCUT2D eigenvalue weighted by molar-refractivity contribution is -0.117. The van der Waals surface area contributed by atoms with Gasteiger partial charge >= 0.3 is 0 Å². The first kappa shape index (κ1) is 9.66. The van der Waals surface area contributed by atoms with Crippen molar-refractivity contribution < 1.29 is 9.18 Å². The van der Waals surface area contributed by atoms with Gasteiger partial charge in [-0.15, -0.1) is 0 Å². The average Bonchev–Trinajstić information content (AvgIpc) is 2.60. The topological polar surface area (TPSA) is 44.1 Å². The third-order valence-corrected chi connectivity index (χ3v) is 2.47. The molecule has 0 fully saturated rings. The first-order valence-electron chi connectivity index (χ1n) is 4.68.